The fourth-order valence-electron chi connectivity index (χ4n) is 5.65. The molecule has 8 rings (SSSR count). The van der Waals surface area contributed by atoms with E-state index >= 15 is 0 Å². The minimum atomic E-state index is 0.905. The van der Waals surface area contributed by atoms with Gasteiger partial charge in [-0.25, -0.2) is 4.98 Å². The molecule has 178 valence electrons. The molecule has 0 radical (unpaired) electrons. The molecular formula is C34H22N4. The van der Waals surface area contributed by atoms with E-state index in [-0.39, 0.29) is 0 Å². The van der Waals surface area contributed by atoms with E-state index in [0.717, 1.165) is 50.0 Å². The molecular weight excluding hydrogens is 464 g/mol. The highest BCUT2D eigenvalue weighted by atomic mass is 15.1. The SMILES string of the molecule is c1ccc(-c2ccc(-n3c4ccccc4c4cc5c6ncccc6n(-c6ccccc6)c5nc43)cc2)cc1. The van der Waals surface area contributed by atoms with E-state index < -0.39 is 0 Å². The quantitative estimate of drug-likeness (QED) is 0.252. The molecule has 0 amide bonds. The monoisotopic (exact) mass is 486 g/mol. The summed E-state index contributed by atoms with van der Waals surface area (Å²) in [7, 11) is 0. The Bertz CT molecular complexity index is 2100. The number of hydrogen-bond acceptors (Lipinski definition) is 2. The summed E-state index contributed by atoms with van der Waals surface area (Å²) in [5.41, 5.74) is 9.56. The summed E-state index contributed by atoms with van der Waals surface area (Å²) in [5, 5.41) is 3.36. The number of benzene rings is 4. The van der Waals surface area contributed by atoms with E-state index in [1.54, 1.807) is 0 Å². The first kappa shape index (κ1) is 20.9. The number of hydrogen-bond donors (Lipinski definition) is 0. The van der Waals surface area contributed by atoms with Crippen LogP contribution in [0, 0.1) is 0 Å². The molecule has 4 nitrogen and oxygen atoms in total. The van der Waals surface area contributed by atoms with E-state index in [2.05, 4.69) is 118 Å². The van der Waals surface area contributed by atoms with Gasteiger partial charge in [0.05, 0.1) is 16.6 Å². The molecule has 0 N–H and O–H groups in total. The van der Waals surface area contributed by atoms with Crippen LogP contribution in [0.15, 0.2) is 134 Å². The van der Waals surface area contributed by atoms with E-state index in [9.17, 15) is 0 Å². The molecule has 8 aromatic rings. The average molecular weight is 487 g/mol. The van der Waals surface area contributed by atoms with Gasteiger partial charge in [0, 0.05) is 33.7 Å². The van der Waals surface area contributed by atoms with Crippen molar-refractivity contribution in [3.8, 4) is 22.5 Å². The fourth-order valence-corrected chi connectivity index (χ4v) is 5.65. The average Bonchev–Trinajstić information content (AvgIpc) is 3.49. The van der Waals surface area contributed by atoms with Gasteiger partial charge in [-0.05, 0) is 59.7 Å². The Morgan fingerprint density at radius 3 is 1.87 bits per heavy atom. The van der Waals surface area contributed by atoms with Crippen molar-refractivity contribution in [3.63, 3.8) is 0 Å². The zero-order valence-corrected chi connectivity index (χ0v) is 20.5. The van der Waals surface area contributed by atoms with Gasteiger partial charge in [0.15, 0.2) is 0 Å². The lowest BCUT2D eigenvalue weighted by Gasteiger charge is -2.10. The Kier molecular flexibility index (Phi) is 4.49. The summed E-state index contributed by atoms with van der Waals surface area (Å²) in [6.45, 7) is 0. The minimum Gasteiger partial charge on any atom is -0.294 e. The van der Waals surface area contributed by atoms with E-state index in [1.807, 2.05) is 24.4 Å². The summed E-state index contributed by atoms with van der Waals surface area (Å²) >= 11 is 0. The summed E-state index contributed by atoms with van der Waals surface area (Å²) < 4.78 is 4.50. The zero-order valence-electron chi connectivity index (χ0n) is 20.5. The van der Waals surface area contributed by atoms with Crippen LogP contribution in [0.1, 0.15) is 0 Å². The van der Waals surface area contributed by atoms with Crippen molar-refractivity contribution in [2.24, 2.45) is 0 Å². The number of aromatic nitrogens is 4. The normalized spacial score (nSPS) is 11.7. The van der Waals surface area contributed by atoms with Gasteiger partial charge in [0.2, 0.25) is 0 Å². The van der Waals surface area contributed by atoms with Crippen LogP contribution >= 0.6 is 0 Å². The molecule has 4 heteroatoms. The summed E-state index contributed by atoms with van der Waals surface area (Å²) in [4.78, 5) is 10.1. The van der Waals surface area contributed by atoms with Gasteiger partial charge < -0.3 is 0 Å². The summed E-state index contributed by atoms with van der Waals surface area (Å²) in [6, 6.07) is 44.6. The molecule has 0 bridgehead atoms. The molecule has 4 aromatic carbocycles. The van der Waals surface area contributed by atoms with Crippen LogP contribution in [0.2, 0.25) is 0 Å². The molecule has 0 unspecified atom stereocenters. The van der Waals surface area contributed by atoms with Crippen molar-refractivity contribution in [2.75, 3.05) is 0 Å². The summed E-state index contributed by atoms with van der Waals surface area (Å²) in [5.74, 6) is 0. The smallest absolute Gasteiger partial charge is 0.149 e. The second kappa shape index (κ2) is 8.15. The molecule has 0 aliphatic heterocycles. The van der Waals surface area contributed by atoms with Crippen LogP contribution in [0.4, 0.5) is 0 Å². The van der Waals surface area contributed by atoms with Gasteiger partial charge in [0.25, 0.3) is 0 Å². The van der Waals surface area contributed by atoms with Gasteiger partial charge in [-0.15, -0.1) is 0 Å². The predicted molar refractivity (Wildman–Crippen MR) is 156 cm³/mol. The van der Waals surface area contributed by atoms with E-state index in [0.29, 0.717) is 0 Å². The number of rotatable bonds is 3. The number of nitrogens with zero attached hydrogens (tertiary/aromatic N) is 4. The Balaban J connectivity index is 1.45. The van der Waals surface area contributed by atoms with Crippen molar-refractivity contribution in [2.45, 2.75) is 0 Å². The number of pyridine rings is 2. The standard InChI is InChI=1S/C34H22N4/c1-3-10-23(11-4-1)24-17-19-26(20-18-24)37-30-15-8-7-14-27(30)28-22-29-32-31(16-9-21-35-32)38(34(29)36-33(28)37)25-12-5-2-6-13-25/h1-22H. The van der Waals surface area contributed by atoms with Gasteiger partial charge in [-0.2, -0.15) is 0 Å². The number of fused-ring (bicyclic) bond motifs is 6. The Morgan fingerprint density at radius 2 is 1.05 bits per heavy atom. The van der Waals surface area contributed by atoms with Crippen molar-refractivity contribution >= 4 is 44.0 Å². The Morgan fingerprint density at radius 1 is 0.447 bits per heavy atom. The van der Waals surface area contributed by atoms with Crippen molar-refractivity contribution in [3.05, 3.63) is 134 Å². The Labute approximate surface area is 219 Å². The highest BCUT2D eigenvalue weighted by molar-refractivity contribution is 6.15. The van der Waals surface area contributed by atoms with Crippen LogP contribution in [0.3, 0.4) is 0 Å². The first-order chi connectivity index (χ1) is 18.9. The lowest BCUT2D eigenvalue weighted by atomic mass is 10.1. The second-order valence-electron chi connectivity index (χ2n) is 9.54. The second-order valence-corrected chi connectivity index (χ2v) is 9.54. The lowest BCUT2D eigenvalue weighted by molar-refractivity contribution is 1.11. The lowest BCUT2D eigenvalue weighted by Crippen LogP contribution is -1.98. The third-order valence-corrected chi connectivity index (χ3v) is 7.37. The van der Waals surface area contributed by atoms with Crippen LogP contribution in [0.5, 0.6) is 0 Å². The highest BCUT2D eigenvalue weighted by Gasteiger charge is 2.20. The molecule has 0 aliphatic rings. The maximum atomic E-state index is 5.37. The zero-order chi connectivity index (χ0) is 25.1. The third kappa shape index (κ3) is 3.04. The van der Waals surface area contributed by atoms with Crippen LogP contribution in [0.25, 0.3) is 66.5 Å². The van der Waals surface area contributed by atoms with Gasteiger partial charge >= 0.3 is 0 Å². The summed E-state index contributed by atoms with van der Waals surface area (Å²) in [6.07, 6.45) is 1.86. The minimum absolute atomic E-state index is 0.905. The first-order valence-corrected chi connectivity index (χ1v) is 12.8. The molecule has 4 heterocycles. The topological polar surface area (TPSA) is 35.6 Å². The van der Waals surface area contributed by atoms with Crippen molar-refractivity contribution < 1.29 is 0 Å². The van der Waals surface area contributed by atoms with Crippen LogP contribution in [-0.2, 0) is 0 Å². The van der Waals surface area contributed by atoms with Gasteiger partial charge in [-0.3, -0.25) is 14.1 Å². The van der Waals surface area contributed by atoms with Crippen LogP contribution in [-0.4, -0.2) is 19.1 Å². The van der Waals surface area contributed by atoms with Crippen molar-refractivity contribution in [1.29, 1.82) is 0 Å². The maximum Gasteiger partial charge on any atom is 0.149 e. The van der Waals surface area contributed by atoms with Gasteiger partial charge in [0.1, 0.15) is 11.3 Å². The van der Waals surface area contributed by atoms with E-state index in [1.165, 1.54) is 16.5 Å². The van der Waals surface area contributed by atoms with E-state index in [4.69, 9.17) is 9.97 Å². The highest BCUT2D eigenvalue weighted by Crippen LogP contribution is 2.37. The molecule has 0 atom stereocenters. The molecule has 0 aliphatic carbocycles. The first-order valence-electron chi connectivity index (χ1n) is 12.8. The predicted octanol–water partition coefficient (Wildman–Crippen LogP) is 8.34. The molecule has 38 heavy (non-hydrogen) atoms. The molecule has 0 spiro atoms. The molecule has 0 saturated carbocycles. The maximum absolute atomic E-state index is 5.37. The van der Waals surface area contributed by atoms with Crippen LogP contribution < -0.4 is 0 Å². The van der Waals surface area contributed by atoms with Crippen molar-refractivity contribution in [1.82, 2.24) is 19.1 Å². The Hall–Kier alpha value is -5.22. The molecule has 0 saturated heterocycles. The number of para-hydroxylation sites is 2. The van der Waals surface area contributed by atoms with Gasteiger partial charge in [-0.1, -0.05) is 78.9 Å². The third-order valence-electron chi connectivity index (χ3n) is 7.37. The molecule has 0 fully saturated rings. The fraction of sp³-hybridized carbons (Fsp3) is 0. The molecule has 4 aromatic heterocycles. The largest absolute Gasteiger partial charge is 0.294 e.